The Bertz CT molecular complexity index is 185. The molecular formula is C12H25NO. The Kier molecular flexibility index (Phi) is 3.59. The third-order valence-electron chi connectivity index (χ3n) is 3.74. The smallest absolute Gasteiger partial charge is 0.0631 e. The van der Waals surface area contributed by atoms with Gasteiger partial charge in [-0.2, -0.15) is 0 Å². The first kappa shape index (κ1) is 12.0. The predicted molar refractivity (Wildman–Crippen MR) is 60.2 cm³/mol. The second-order valence-corrected chi connectivity index (χ2v) is 5.59. The Hall–Kier alpha value is -0.0800. The molecule has 0 bridgehead atoms. The number of ether oxygens (including phenoxy) is 1. The van der Waals surface area contributed by atoms with Gasteiger partial charge in [0.05, 0.1) is 5.60 Å². The van der Waals surface area contributed by atoms with Crippen molar-refractivity contribution in [2.75, 3.05) is 13.2 Å². The van der Waals surface area contributed by atoms with Gasteiger partial charge in [-0.1, -0.05) is 13.8 Å². The van der Waals surface area contributed by atoms with E-state index in [1.165, 1.54) is 6.42 Å². The van der Waals surface area contributed by atoms with Gasteiger partial charge in [0, 0.05) is 6.61 Å². The maximum Gasteiger partial charge on any atom is 0.0631 e. The van der Waals surface area contributed by atoms with Crippen molar-refractivity contribution in [3.63, 3.8) is 0 Å². The van der Waals surface area contributed by atoms with Crippen molar-refractivity contribution >= 4 is 0 Å². The van der Waals surface area contributed by atoms with E-state index in [0.29, 0.717) is 11.3 Å². The van der Waals surface area contributed by atoms with Crippen molar-refractivity contribution in [3.8, 4) is 0 Å². The molecule has 0 unspecified atom stereocenters. The van der Waals surface area contributed by atoms with Crippen molar-refractivity contribution in [2.24, 2.45) is 17.1 Å². The average molecular weight is 199 g/mol. The Labute approximate surface area is 88.2 Å². The Morgan fingerprint density at radius 3 is 2.43 bits per heavy atom. The largest absolute Gasteiger partial charge is 0.376 e. The highest BCUT2D eigenvalue weighted by Gasteiger charge is 2.42. The average Bonchev–Trinajstić information content (AvgIpc) is 2.02. The Balaban J connectivity index is 2.76. The van der Waals surface area contributed by atoms with Crippen LogP contribution in [0.4, 0.5) is 0 Å². The summed E-state index contributed by atoms with van der Waals surface area (Å²) in [6.45, 7) is 10.7. The van der Waals surface area contributed by atoms with Crippen LogP contribution in [-0.2, 0) is 4.74 Å². The van der Waals surface area contributed by atoms with Gasteiger partial charge in [0.15, 0.2) is 0 Å². The summed E-state index contributed by atoms with van der Waals surface area (Å²) in [6, 6.07) is 0. The van der Waals surface area contributed by atoms with Gasteiger partial charge < -0.3 is 10.5 Å². The highest BCUT2D eigenvalue weighted by Crippen LogP contribution is 2.46. The van der Waals surface area contributed by atoms with E-state index in [9.17, 15) is 0 Å². The van der Waals surface area contributed by atoms with E-state index in [1.807, 2.05) is 0 Å². The van der Waals surface area contributed by atoms with Crippen LogP contribution in [0, 0.1) is 11.3 Å². The first-order valence-corrected chi connectivity index (χ1v) is 5.76. The van der Waals surface area contributed by atoms with Gasteiger partial charge in [-0.3, -0.25) is 0 Å². The van der Waals surface area contributed by atoms with Crippen LogP contribution in [-0.4, -0.2) is 18.8 Å². The molecule has 1 aliphatic rings. The van der Waals surface area contributed by atoms with Crippen molar-refractivity contribution in [3.05, 3.63) is 0 Å². The molecule has 0 saturated carbocycles. The van der Waals surface area contributed by atoms with Crippen molar-refractivity contribution in [1.29, 1.82) is 0 Å². The van der Waals surface area contributed by atoms with Crippen molar-refractivity contribution in [2.45, 2.75) is 52.6 Å². The number of hydrogen-bond donors (Lipinski definition) is 1. The second kappa shape index (κ2) is 4.19. The lowest BCUT2D eigenvalue weighted by Gasteiger charge is -2.47. The summed E-state index contributed by atoms with van der Waals surface area (Å²) in [5, 5.41) is 0. The summed E-state index contributed by atoms with van der Waals surface area (Å²) in [6.07, 6.45) is 3.46. The van der Waals surface area contributed by atoms with Crippen LogP contribution in [0.15, 0.2) is 0 Å². The molecule has 0 aliphatic carbocycles. The molecular weight excluding hydrogens is 174 g/mol. The van der Waals surface area contributed by atoms with E-state index >= 15 is 0 Å². The Morgan fingerprint density at radius 2 is 2.00 bits per heavy atom. The first-order chi connectivity index (χ1) is 6.42. The molecule has 1 saturated heterocycles. The lowest BCUT2D eigenvalue weighted by molar-refractivity contribution is -0.120. The minimum absolute atomic E-state index is 0.0394. The molecule has 1 rings (SSSR count). The monoisotopic (exact) mass is 199 g/mol. The third-order valence-corrected chi connectivity index (χ3v) is 3.74. The zero-order valence-corrected chi connectivity index (χ0v) is 10.1. The minimum Gasteiger partial charge on any atom is -0.376 e. The summed E-state index contributed by atoms with van der Waals surface area (Å²) in [5.41, 5.74) is 6.18. The normalized spacial score (nSPS) is 32.1. The van der Waals surface area contributed by atoms with E-state index in [1.54, 1.807) is 0 Å². The maximum absolute atomic E-state index is 5.78. The quantitative estimate of drug-likeness (QED) is 0.758. The fraction of sp³-hybridized carbons (Fsp3) is 1.00. The molecule has 2 heteroatoms. The standard InChI is InChI=1S/C12H25NO/c1-10(2)12(5-7-13)6-8-14-11(3,4)9-12/h10H,5-9,13H2,1-4H3/t12-/m0/s1. The van der Waals surface area contributed by atoms with Crippen LogP contribution in [0.1, 0.15) is 47.0 Å². The fourth-order valence-electron chi connectivity index (χ4n) is 2.80. The molecule has 1 heterocycles. The zero-order chi connectivity index (χ0) is 10.8. The number of hydrogen-bond acceptors (Lipinski definition) is 2. The highest BCUT2D eigenvalue weighted by atomic mass is 16.5. The zero-order valence-electron chi connectivity index (χ0n) is 10.1. The molecule has 0 amide bonds. The number of nitrogens with two attached hydrogens (primary N) is 1. The first-order valence-electron chi connectivity index (χ1n) is 5.76. The number of rotatable bonds is 3. The Morgan fingerprint density at radius 1 is 1.36 bits per heavy atom. The van der Waals surface area contributed by atoms with Crippen LogP contribution in [0.5, 0.6) is 0 Å². The van der Waals surface area contributed by atoms with E-state index in [0.717, 1.165) is 26.0 Å². The van der Waals surface area contributed by atoms with Gasteiger partial charge in [-0.15, -0.1) is 0 Å². The summed E-state index contributed by atoms with van der Waals surface area (Å²) < 4.78 is 5.78. The van der Waals surface area contributed by atoms with Gasteiger partial charge in [0.1, 0.15) is 0 Å². The lowest BCUT2D eigenvalue weighted by Crippen LogP contribution is -2.45. The maximum atomic E-state index is 5.78. The SMILES string of the molecule is CC(C)[C@@]1(CCN)CCOC(C)(C)C1. The lowest BCUT2D eigenvalue weighted by atomic mass is 9.65. The third kappa shape index (κ3) is 2.48. The molecule has 0 aromatic rings. The molecule has 84 valence electrons. The van der Waals surface area contributed by atoms with Crippen LogP contribution in [0.2, 0.25) is 0 Å². The van der Waals surface area contributed by atoms with E-state index in [4.69, 9.17) is 10.5 Å². The van der Waals surface area contributed by atoms with Crippen LogP contribution in [0.3, 0.4) is 0 Å². The van der Waals surface area contributed by atoms with E-state index < -0.39 is 0 Å². The summed E-state index contributed by atoms with van der Waals surface area (Å²) in [5.74, 6) is 0.703. The molecule has 1 aliphatic heterocycles. The minimum atomic E-state index is 0.0394. The summed E-state index contributed by atoms with van der Waals surface area (Å²) >= 11 is 0. The fourth-order valence-corrected chi connectivity index (χ4v) is 2.80. The van der Waals surface area contributed by atoms with Gasteiger partial charge in [-0.25, -0.2) is 0 Å². The molecule has 0 aromatic heterocycles. The molecule has 14 heavy (non-hydrogen) atoms. The van der Waals surface area contributed by atoms with E-state index in [-0.39, 0.29) is 5.60 Å². The molecule has 2 N–H and O–H groups in total. The highest BCUT2D eigenvalue weighted by molar-refractivity contribution is 4.92. The molecule has 0 aromatic carbocycles. The van der Waals surface area contributed by atoms with Gasteiger partial charge in [0.2, 0.25) is 0 Å². The molecule has 2 nitrogen and oxygen atoms in total. The van der Waals surface area contributed by atoms with Crippen molar-refractivity contribution in [1.82, 2.24) is 0 Å². The van der Waals surface area contributed by atoms with E-state index in [2.05, 4.69) is 27.7 Å². The summed E-state index contributed by atoms with van der Waals surface area (Å²) in [4.78, 5) is 0. The molecule has 1 fully saturated rings. The predicted octanol–water partition coefficient (Wildman–Crippen LogP) is 2.57. The molecule has 0 radical (unpaired) electrons. The summed E-state index contributed by atoms with van der Waals surface area (Å²) in [7, 11) is 0. The van der Waals surface area contributed by atoms with Crippen LogP contribution < -0.4 is 5.73 Å². The van der Waals surface area contributed by atoms with Crippen LogP contribution in [0.25, 0.3) is 0 Å². The van der Waals surface area contributed by atoms with Gasteiger partial charge >= 0.3 is 0 Å². The molecule has 1 atom stereocenters. The topological polar surface area (TPSA) is 35.2 Å². The van der Waals surface area contributed by atoms with Crippen LogP contribution >= 0.6 is 0 Å². The molecule has 0 spiro atoms. The second-order valence-electron chi connectivity index (χ2n) is 5.59. The van der Waals surface area contributed by atoms with Gasteiger partial charge in [0.25, 0.3) is 0 Å². The van der Waals surface area contributed by atoms with Crippen molar-refractivity contribution < 1.29 is 4.74 Å². The van der Waals surface area contributed by atoms with Gasteiger partial charge in [-0.05, 0) is 51.0 Å².